The first-order valence-corrected chi connectivity index (χ1v) is 4.96. The second kappa shape index (κ2) is 5.10. The minimum Gasteiger partial charge on any atom is -0.481 e. The summed E-state index contributed by atoms with van der Waals surface area (Å²) in [5, 5.41) is 8.59. The minimum atomic E-state index is -0.983. The van der Waals surface area contributed by atoms with Crippen LogP contribution in [-0.2, 0) is 4.79 Å². The fourth-order valence-corrected chi connectivity index (χ4v) is 1.87. The number of carbonyl (C=O) groups is 1. The number of hydrogen-bond donors (Lipinski definition) is 1. The van der Waals surface area contributed by atoms with Gasteiger partial charge in [0.15, 0.2) is 0 Å². The van der Waals surface area contributed by atoms with Crippen molar-refractivity contribution in [2.45, 2.75) is 12.3 Å². The van der Waals surface area contributed by atoms with Crippen molar-refractivity contribution in [2.75, 3.05) is 6.67 Å². The molecule has 14 heavy (non-hydrogen) atoms. The van der Waals surface area contributed by atoms with E-state index in [1.165, 1.54) is 0 Å². The summed E-state index contributed by atoms with van der Waals surface area (Å²) in [6.45, 7) is -0.658. The molecule has 4 heteroatoms. The molecule has 0 aliphatic rings. The van der Waals surface area contributed by atoms with Gasteiger partial charge in [-0.1, -0.05) is 34.1 Å². The van der Waals surface area contributed by atoms with Gasteiger partial charge in [0, 0.05) is 10.4 Å². The highest BCUT2D eigenvalue weighted by molar-refractivity contribution is 9.10. The third-order valence-corrected chi connectivity index (χ3v) is 2.67. The van der Waals surface area contributed by atoms with E-state index in [1.807, 2.05) is 6.07 Å². The van der Waals surface area contributed by atoms with Gasteiger partial charge in [-0.15, -0.1) is 0 Å². The van der Waals surface area contributed by atoms with E-state index in [1.54, 1.807) is 18.2 Å². The molecule has 1 rings (SSSR count). The molecule has 0 aliphatic heterocycles. The van der Waals surface area contributed by atoms with Crippen LogP contribution in [0.3, 0.4) is 0 Å². The molecule has 1 aromatic carbocycles. The maximum absolute atomic E-state index is 12.6. The smallest absolute Gasteiger partial charge is 0.304 e. The van der Waals surface area contributed by atoms with Gasteiger partial charge in [-0.2, -0.15) is 0 Å². The molecule has 0 spiro atoms. The fraction of sp³-hybridized carbons (Fsp3) is 0.300. The number of aliphatic carboxylic acids is 1. The van der Waals surface area contributed by atoms with Gasteiger partial charge in [0.1, 0.15) is 0 Å². The van der Waals surface area contributed by atoms with E-state index >= 15 is 0 Å². The van der Waals surface area contributed by atoms with Crippen molar-refractivity contribution in [1.29, 1.82) is 0 Å². The average molecular weight is 261 g/mol. The maximum Gasteiger partial charge on any atom is 0.304 e. The van der Waals surface area contributed by atoms with E-state index in [4.69, 9.17) is 5.11 Å². The third kappa shape index (κ3) is 2.80. The van der Waals surface area contributed by atoms with E-state index in [-0.39, 0.29) is 6.42 Å². The van der Waals surface area contributed by atoms with Crippen LogP contribution in [0, 0.1) is 0 Å². The quantitative estimate of drug-likeness (QED) is 0.904. The van der Waals surface area contributed by atoms with Crippen LogP contribution in [0.1, 0.15) is 17.9 Å². The summed E-state index contributed by atoms with van der Waals surface area (Å²) in [4.78, 5) is 10.5. The molecule has 1 aromatic rings. The molecule has 0 aliphatic carbocycles. The molecular formula is C10H10BrFO2. The van der Waals surface area contributed by atoms with Crippen LogP contribution in [0.25, 0.3) is 0 Å². The number of alkyl halides is 1. The Morgan fingerprint density at radius 1 is 1.50 bits per heavy atom. The molecule has 0 bridgehead atoms. The normalized spacial score (nSPS) is 12.4. The van der Waals surface area contributed by atoms with Gasteiger partial charge in [-0.3, -0.25) is 9.18 Å². The lowest BCUT2D eigenvalue weighted by molar-refractivity contribution is -0.137. The SMILES string of the molecule is O=C(O)CC(CF)c1ccccc1Br. The number of halogens is 2. The molecule has 0 heterocycles. The molecule has 1 N–H and O–H groups in total. The lowest BCUT2D eigenvalue weighted by Crippen LogP contribution is -2.08. The van der Waals surface area contributed by atoms with E-state index in [9.17, 15) is 9.18 Å². The van der Waals surface area contributed by atoms with Gasteiger partial charge in [0.2, 0.25) is 0 Å². The first kappa shape index (κ1) is 11.2. The van der Waals surface area contributed by atoms with Crippen molar-refractivity contribution in [1.82, 2.24) is 0 Å². The van der Waals surface area contributed by atoms with Crippen LogP contribution < -0.4 is 0 Å². The number of benzene rings is 1. The van der Waals surface area contributed by atoms with Crippen molar-refractivity contribution in [2.24, 2.45) is 0 Å². The Bertz CT molecular complexity index is 328. The van der Waals surface area contributed by atoms with E-state index in [0.29, 0.717) is 5.56 Å². The molecule has 0 aromatic heterocycles. The molecule has 0 fully saturated rings. The fourth-order valence-electron chi connectivity index (χ4n) is 1.26. The summed E-state index contributed by atoms with van der Waals surface area (Å²) < 4.78 is 13.4. The van der Waals surface area contributed by atoms with Crippen molar-refractivity contribution >= 4 is 21.9 Å². The predicted octanol–water partition coefficient (Wildman–Crippen LogP) is 2.98. The second-order valence-corrected chi connectivity index (χ2v) is 3.82. The van der Waals surface area contributed by atoms with E-state index in [2.05, 4.69) is 15.9 Å². The van der Waals surface area contributed by atoms with Crippen molar-refractivity contribution in [3.8, 4) is 0 Å². The summed E-state index contributed by atoms with van der Waals surface area (Å²) in [5.74, 6) is -1.55. The summed E-state index contributed by atoms with van der Waals surface area (Å²) in [6, 6.07) is 7.09. The summed E-state index contributed by atoms with van der Waals surface area (Å²) in [6.07, 6.45) is -0.181. The lowest BCUT2D eigenvalue weighted by Gasteiger charge is -2.12. The van der Waals surface area contributed by atoms with Gasteiger partial charge >= 0.3 is 5.97 Å². The van der Waals surface area contributed by atoms with Gasteiger partial charge in [-0.05, 0) is 11.6 Å². The third-order valence-electron chi connectivity index (χ3n) is 1.95. The zero-order valence-corrected chi connectivity index (χ0v) is 9.00. The summed E-state index contributed by atoms with van der Waals surface area (Å²) >= 11 is 3.27. The first-order valence-electron chi connectivity index (χ1n) is 4.17. The predicted molar refractivity (Wildman–Crippen MR) is 55.1 cm³/mol. The largest absolute Gasteiger partial charge is 0.481 e. The average Bonchev–Trinajstić information content (AvgIpc) is 2.15. The van der Waals surface area contributed by atoms with Crippen molar-refractivity contribution < 1.29 is 14.3 Å². The highest BCUT2D eigenvalue weighted by Crippen LogP contribution is 2.27. The molecule has 2 nitrogen and oxygen atoms in total. The molecule has 0 saturated heterocycles. The first-order chi connectivity index (χ1) is 6.65. The van der Waals surface area contributed by atoms with Gasteiger partial charge in [0.25, 0.3) is 0 Å². The summed E-state index contributed by atoms with van der Waals surface area (Å²) in [7, 11) is 0. The van der Waals surface area contributed by atoms with Gasteiger partial charge in [0.05, 0.1) is 13.1 Å². The maximum atomic E-state index is 12.6. The van der Waals surface area contributed by atoms with Crippen LogP contribution in [0.15, 0.2) is 28.7 Å². The standard InChI is InChI=1S/C10H10BrFO2/c11-9-4-2-1-3-8(9)7(6-12)5-10(13)14/h1-4,7H,5-6H2,(H,13,14). The molecular weight excluding hydrogens is 251 g/mol. The van der Waals surface area contributed by atoms with Crippen LogP contribution in [0.2, 0.25) is 0 Å². The molecule has 1 atom stereocenters. The molecule has 0 radical (unpaired) electrons. The Hall–Kier alpha value is -0.900. The van der Waals surface area contributed by atoms with E-state index in [0.717, 1.165) is 4.47 Å². The second-order valence-electron chi connectivity index (χ2n) is 2.97. The van der Waals surface area contributed by atoms with Crippen LogP contribution in [-0.4, -0.2) is 17.8 Å². The Morgan fingerprint density at radius 2 is 2.14 bits per heavy atom. The van der Waals surface area contributed by atoms with Crippen LogP contribution in [0.5, 0.6) is 0 Å². The number of carboxylic acids is 1. The minimum absolute atomic E-state index is 0.181. The number of rotatable bonds is 4. The van der Waals surface area contributed by atoms with Crippen LogP contribution in [0.4, 0.5) is 4.39 Å². The number of carboxylic acid groups (broad SMARTS) is 1. The molecule has 0 saturated carbocycles. The Balaban J connectivity index is 2.89. The highest BCUT2D eigenvalue weighted by atomic mass is 79.9. The number of hydrogen-bond acceptors (Lipinski definition) is 1. The summed E-state index contributed by atoms with van der Waals surface area (Å²) in [5.41, 5.74) is 0.706. The van der Waals surface area contributed by atoms with Crippen molar-refractivity contribution in [3.05, 3.63) is 34.3 Å². The van der Waals surface area contributed by atoms with Crippen LogP contribution >= 0.6 is 15.9 Å². The molecule has 76 valence electrons. The lowest BCUT2D eigenvalue weighted by atomic mass is 9.97. The Morgan fingerprint density at radius 3 is 2.64 bits per heavy atom. The Labute approximate surface area is 89.9 Å². The highest BCUT2D eigenvalue weighted by Gasteiger charge is 2.17. The van der Waals surface area contributed by atoms with Gasteiger partial charge < -0.3 is 5.11 Å². The van der Waals surface area contributed by atoms with Gasteiger partial charge in [-0.25, -0.2) is 0 Å². The zero-order chi connectivity index (χ0) is 10.6. The topological polar surface area (TPSA) is 37.3 Å². The monoisotopic (exact) mass is 260 g/mol. The van der Waals surface area contributed by atoms with Crippen molar-refractivity contribution in [3.63, 3.8) is 0 Å². The molecule has 0 amide bonds. The Kier molecular flexibility index (Phi) is 4.07. The van der Waals surface area contributed by atoms with E-state index < -0.39 is 18.6 Å². The molecule has 1 unspecified atom stereocenters. The zero-order valence-electron chi connectivity index (χ0n) is 7.41.